The molecule has 2 aromatic rings. The number of rotatable bonds is 4. The first kappa shape index (κ1) is 17.0. The average Bonchev–Trinajstić information content (AvgIpc) is 2.94. The molecule has 1 saturated heterocycles. The van der Waals surface area contributed by atoms with Gasteiger partial charge in [0.2, 0.25) is 5.88 Å². The van der Waals surface area contributed by atoms with Gasteiger partial charge < -0.3 is 14.7 Å². The highest BCUT2D eigenvalue weighted by Crippen LogP contribution is 2.28. The number of hydrogen-bond acceptors (Lipinski definition) is 5. The van der Waals surface area contributed by atoms with Gasteiger partial charge in [0.15, 0.2) is 0 Å². The van der Waals surface area contributed by atoms with E-state index in [1.807, 2.05) is 18.2 Å². The molecule has 26 heavy (non-hydrogen) atoms. The predicted octanol–water partition coefficient (Wildman–Crippen LogP) is 1.48. The highest BCUT2D eigenvalue weighted by Gasteiger charge is 2.25. The highest BCUT2D eigenvalue weighted by molar-refractivity contribution is 5.58. The molecular weight excluding hydrogens is 332 g/mol. The van der Waals surface area contributed by atoms with E-state index in [1.54, 1.807) is 11.7 Å². The van der Waals surface area contributed by atoms with Gasteiger partial charge in [-0.05, 0) is 31.4 Å². The molecule has 0 amide bonds. The van der Waals surface area contributed by atoms with Crippen LogP contribution in [0, 0.1) is 0 Å². The summed E-state index contributed by atoms with van der Waals surface area (Å²) in [7, 11) is 1.69. The zero-order chi connectivity index (χ0) is 18.1. The van der Waals surface area contributed by atoms with Crippen LogP contribution in [0.4, 0.5) is 5.69 Å². The smallest absolute Gasteiger partial charge is 0.332 e. The number of nitrogens with zero attached hydrogens (tertiary/aromatic N) is 4. The van der Waals surface area contributed by atoms with Crippen molar-refractivity contribution in [3.63, 3.8) is 0 Å². The van der Waals surface area contributed by atoms with Gasteiger partial charge in [-0.2, -0.15) is 0 Å². The number of imidazole rings is 1. The molecule has 1 N–H and O–H groups in total. The maximum absolute atomic E-state index is 12.6. The van der Waals surface area contributed by atoms with E-state index in [0.717, 1.165) is 69.1 Å². The fourth-order valence-corrected chi connectivity index (χ4v) is 4.02. The van der Waals surface area contributed by atoms with E-state index >= 15 is 0 Å². The molecule has 1 fully saturated rings. The van der Waals surface area contributed by atoms with Gasteiger partial charge in [0.25, 0.3) is 0 Å². The first-order chi connectivity index (χ1) is 12.7. The van der Waals surface area contributed by atoms with Crippen LogP contribution in [0.15, 0.2) is 29.1 Å². The summed E-state index contributed by atoms with van der Waals surface area (Å²) in [5.41, 5.74) is 1.83. The quantitative estimate of drug-likeness (QED) is 0.897. The van der Waals surface area contributed by atoms with Crippen molar-refractivity contribution in [2.75, 3.05) is 38.2 Å². The number of piperazine rings is 1. The molecule has 0 saturated carbocycles. The molecule has 0 unspecified atom stereocenters. The normalized spacial score (nSPS) is 18.0. The molecule has 2 aliphatic rings. The third kappa shape index (κ3) is 2.96. The van der Waals surface area contributed by atoms with Crippen molar-refractivity contribution in [1.82, 2.24) is 14.0 Å². The minimum absolute atomic E-state index is 0.0793. The fourth-order valence-electron chi connectivity index (χ4n) is 4.02. The van der Waals surface area contributed by atoms with Crippen molar-refractivity contribution in [2.24, 2.45) is 0 Å². The number of ether oxygens (including phenoxy) is 1. The molecule has 140 valence electrons. The second kappa shape index (κ2) is 7.07. The first-order valence-electron chi connectivity index (χ1n) is 9.30. The van der Waals surface area contributed by atoms with Crippen LogP contribution < -0.4 is 15.3 Å². The van der Waals surface area contributed by atoms with Crippen molar-refractivity contribution in [3.8, 4) is 11.6 Å². The summed E-state index contributed by atoms with van der Waals surface area (Å²) in [6.45, 7) is 4.57. The van der Waals surface area contributed by atoms with E-state index in [9.17, 15) is 9.90 Å². The monoisotopic (exact) mass is 358 g/mol. The number of aromatic hydroxyl groups is 1. The maximum atomic E-state index is 12.6. The van der Waals surface area contributed by atoms with Crippen LogP contribution in [0.2, 0.25) is 0 Å². The van der Waals surface area contributed by atoms with Gasteiger partial charge in [0.05, 0.1) is 25.2 Å². The van der Waals surface area contributed by atoms with Gasteiger partial charge in [-0.25, -0.2) is 9.36 Å². The van der Waals surface area contributed by atoms with Crippen LogP contribution in [-0.4, -0.2) is 52.4 Å². The third-order valence-electron chi connectivity index (χ3n) is 5.49. The van der Waals surface area contributed by atoms with Crippen LogP contribution >= 0.6 is 0 Å². The topological polar surface area (TPSA) is 62.9 Å². The Morgan fingerprint density at radius 2 is 1.85 bits per heavy atom. The molecule has 2 aliphatic heterocycles. The van der Waals surface area contributed by atoms with Gasteiger partial charge in [-0.1, -0.05) is 12.1 Å². The number of methoxy groups -OCH3 is 1. The molecule has 0 aliphatic carbocycles. The lowest BCUT2D eigenvalue weighted by atomic mass is 10.1. The molecule has 1 aromatic carbocycles. The van der Waals surface area contributed by atoms with Crippen molar-refractivity contribution in [1.29, 1.82) is 0 Å². The standard InChI is InChI=1S/C19H26N4O3/c1-26-17-8-3-2-6-15(17)21-12-10-20(11-13-21)14-23-18(24)16-7-4-5-9-22(16)19(23)25/h2-3,6,8,24H,4-5,7,9-14H2,1H3. The van der Waals surface area contributed by atoms with Crippen LogP contribution in [0.5, 0.6) is 11.6 Å². The van der Waals surface area contributed by atoms with Crippen LogP contribution in [0.3, 0.4) is 0 Å². The number of para-hydroxylation sites is 2. The summed E-state index contributed by atoms with van der Waals surface area (Å²) in [6.07, 6.45) is 2.83. The second-order valence-electron chi connectivity index (χ2n) is 7.01. The van der Waals surface area contributed by atoms with E-state index in [4.69, 9.17) is 4.74 Å². The van der Waals surface area contributed by atoms with Crippen molar-refractivity contribution in [2.45, 2.75) is 32.5 Å². The van der Waals surface area contributed by atoms with E-state index in [1.165, 1.54) is 4.57 Å². The number of hydrogen-bond donors (Lipinski definition) is 1. The molecule has 0 bridgehead atoms. The zero-order valence-corrected chi connectivity index (χ0v) is 15.2. The summed E-state index contributed by atoms with van der Waals surface area (Å²) in [4.78, 5) is 17.1. The Kier molecular flexibility index (Phi) is 4.63. The number of fused-ring (bicyclic) bond motifs is 1. The van der Waals surface area contributed by atoms with E-state index in [2.05, 4.69) is 15.9 Å². The largest absolute Gasteiger partial charge is 0.495 e. The summed E-state index contributed by atoms with van der Waals surface area (Å²) >= 11 is 0. The molecule has 7 heteroatoms. The molecule has 1 aromatic heterocycles. The maximum Gasteiger partial charge on any atom is 0.332 e. The van der Waals surface area contributed by atoms with Crippen LogP contribution in [-0.2, 0) is 19.6 Å². The molecule has 4 rings (SSSR count). The predicted molar refractivity (Wildman–Crippen MR) is 100 cm³/mol. The van der Waals surface area contributed by atoms with Crippen molar-refractivity contribution < 1.29 is 9.84 Å². The summed E-state index contributed by atoms with van der Waals surface area (Å²) in [5.74, 6) is 1.04. The molecule has 7 nitrogen and oxygen atoms in total. The molecule has 3 heterocycles. The Hall–Kier alpha value is -2.41. The SMILES string of the molecule is COc1ccccc1N1CCN(Cn2c(O)c3n(c2=O)CCCC3)CC1. The van der Waals surface area contributed by atoms with Crippen LogP contribution in [0.25, 0.3) is 0 Å². The fraction of sp³-hybridized carbons (Fsp3) is 0.526. The Labute approximate surface area is 153 Å². The van der Waals surface area contributed by atoms with Gasteiger partial charge in [0.1, 0.15) is 5.75 Å². The molecule has 0 spiro atoms. The Balaban J connectivity index is 1.45. The van der Waals surface area contributed by atoms with E-state index in [-0.39, 0.29) is 11.6 Å². The lowest BCUT2D eigenvalue weighted by Gasteiger charge is -2.36. The van der Waals surface area contributed by atoms with Gasteiger partial charge >= 0.3 is 5.69 Å². The minimum Gasteiger partial charge on any atom is -0.495 e. The Bertz CT molecular complexity index is 834. The molecule has 0 radical (unpaired) electrons. The molecular formula is C19H26N4O3. The lowest BCUT2D eigenvalue weighted by molar-refractivity contribution is 0.193. The number of benzene rings is 1. The highest BCUT2D eigenvalue weighted by atomic mass is 16.5. The van der Waals surface area contributed by atoms with Crippen LogP contribution in [0.1, 0.15) is 18.5 Å². The van der Waals surface area contributed by atoms with Crippen molar-refractivity contribution in [3.05, 3.63) is 40.4 Å². The van der Waals surface area contributed by atoms with E-state index in [0.29, 0.717) is 6.67 Å². The summed E-state index contributed by atoms with van der Waals surface area (Å²) in [6, 6.07) is 8.05. The van der Waals surface area contributed by atoms with Gasteiger partial charge in [-0.3, -0.25) is 9.47 Å². The lowest BCUT2D eigenvalue weighted by Crippen LogP contribution is -2.47. The third-order valence-corrected chi connectivity index (χ3v) is 5.49. The average molecular weight is 358 g/mol. The minimum atomic E-state index is -0.0793. The number of aromatic nitrogens is 2. The van der Waals surface area contributed by atoms with Gasteiger partial charge in [-0.15, -0.1) is 0 Å². The summed E-state index contributed by atoms with van der Waals surface area (Å²) in [5, 5.41) is 10.5. The zero-order valence-electron chi connectivity index (χ0n) is 15.2. The van der Waals surface area contributed by atoms with Crippen molar-refractivity contribution >= 4 is 5.69 Å². The first-order valence-corrected chi connectivity index (χ1v) is 9.30. The number of anilines is 1. The Morgan fingerprint density at radius 3 is 2.58 bits per heavy atom. The Morgan fingerprint density at radius 1 is 1.08 bits per heavy atom. The summed E-state index contributed by atoms with van der Waals surface area (Å²) < 4.78 is 8.73. The molecule has 0 atom stereocenters. The van der Waals surface area contributed by atoms with Gasteiger partial charge in [0, 0.05) is 32.7 Å². The second-order valence-corrected chi connectivity index (χ2v) is 7.01. The van der Waals surface area contributed by atoms with E-state index < -0.39 is 0 Å².